The number of hydrogen-bond acceptors (Lipinski definition) is 18. The molecule has 354 valence electrons. The number of methoxy groups -OCH3 is 1. The number of hydrogen-bond donors (Lipinski definition) is 1. The minimum Gasteiger partial charge on any atom is -0.497 e. The number of esters is 5. The lowest BCUT2D eigenvalue weighted by Crippen LogP contribution is -2.71. The quantitative estimate of drug-likeness (QED) is 0.163. The summed E-state index contributed by atoms with van der Waals surface area (Å²) in [5, 5.41) is 2.73. The van der Waals surface area contributed by atoms with Crippen LogP contribution in [0.25, 0.3) is 0 Å². The second kappa shape index (κ2) is 20.4. The van der Waals surface area contributed by atoms with Gasteiger partial charge in [-0.25, -0.2) is 0 Å². The first-order chi connectivity index (χ1) is 30.4. The molecule has 0 bridgehead atoms. The van der Waals surface area contributed by atoms with Crippen molar-refractivity contribution in [3.63, 3.8) is 0 Å². The highest BCUT2D eigenvalue weighted by Crippen LogP contribution is 2.39. The molecule has 2 aromatic rings. The van der Waals surface area contributed by atoms with E-state index in [1.165, 1.54) is 38.3 Å². The maximum Gasteiger partial charge on any atom is 0.311 e. The molecule has 3 heterocycles. The van der Waals surface area contributed by atoms with Gasteiger partial charge in [0.05, 0.1) is 29.1 Å². The van der Waals surface area contributed by atoms with Crippen LogP contribution in [0.5, 0.6) is 11.5 Å². The summed E-state index contributed by atoms with van der Waals surface area (Å²) >= 11 is 0. The fourth-order valence-electron chi connectivity index (χ4n) is 7.20. The predicted molar refractivity (Wildman–Crippen MR) is 222 cm³/mol. The molecule has 5 rings (SSSR count). The Balaban J connectivity index is 1.73. The van der Waals surface area contributed by atoms with Gasteiger partial charge < -0.3 is 52.7 Å². The van der Waals surface area contributed by atoms with E-state index in [0.717, 1.165) is 25.7 Å². The van der Waals surface area contributed by atoms with Gasteiger partial charge in [-0.1, -0.05) is 12.1 Å². The van der Waals surface area contributed by atoms with Crippen LogP contribution in [0.2, 0.25) is 0 Å². The number of amides is 3. The van der Waals surface area contributed by atoms with E-state index < -0.39 is 133 Å². The first-order valence-electron chi connectivity index (χ1n) is 20.8. The van der Waals surface area contributed by atoms with Crippen LogP contribution < -0.4 is 14.8 Å². The fourth-order valence-corrected chi connectivity index (χ4v) is 7.20. The van der Waals surface area contributed by atoms with E-state index in [-0.39, 0.29) is 16.9 Å². The number of fused-ring (bicyclic) bond motifs is 1. The maximum atomic E-state index is 14.3. The number of ether oxygens (including phenoxy) is 10. The first-order valence-corrected chi connectivity index (χ1v) is 20.8. The Morgan fingerprint density at radius 2 is 1.12 bits per heavy atom. The van der Waals surface area contributed by atoms with Crippen molar-refractivity contribution in [3.8, 4) is 11.5 Å². The molecular weight excluding hydrogens is 856 g/mol. The molecule has 0 spiro atoms. The molecule has 65 heavy (non-hydrogen) atoms. The van der Waals surface area contributed by atoms with Gasteiger partial charge in [0.25, 0.3) is 11.8 Å². The molecule has 3 aliphatic heterocycles. The Morgan fingerprint density at radius 1 is 0.615 bits per heavy atom. The van der Waals surface area contributed by atoms with Crippen molar-refractivity contribution < 1.29 is 85.7 Å². The van der Waals surface area contributed by atoms with Crippen LogP contribution in [0, 0.1) is 10.8 Å². The molecule has 2 fully saturated rings. The highest BCUT2D eigenvalue weighted by molar-refractivity contribution is 6.21. The Bertz CT molecular complexity index is 2090. The lowest BCUT2D eigenvalue weighted by atomic mass is 9.92. The highest BCUT2D eigenvalue weighted by atomic mass is 16.7. The van der Waals surface area contributed by atoms with Crippen molar-refractivity contribution in [1.29, 1.82) is 0 Å². The molecule has 2 saturated heterocycles. The molecule has 2 aromatic carbocycles. The van der Waals surface area contributed by atoms with Gasteiger partial charge in [0.2, 0.25) is 12.2 Å². The minimum atomic E-state index is -1.95. The molecule has 20 nitrogen and oxygen atoms in total. The normalized spacial score (nSPS) is 26.5. The summed E-state index contributed by atoms with van der Waals surface area (Å²) < 4.78 is 60.1. The Kier molecular flexibility index (Phi) is 15.6. The van der Waals surface area contributed by atoms with Gasteiger partial charge in [-0.15, -0.1) is 0 Å². The molecule has 3 aliphatic rings. The minimum absolute atomic E-state index is 0.0295. The molecule has 0 saturated carbocycles. The number of rotatable bonds is 14. The number of carbonyl (C=O) groups excluding carboxylic acids is 8. The summed E-state index contributed by atoms with van der Waals surface area (Å²) in [6.45, 7) is 12.7. The highest BCUT2D eigenvalue weighted by Gasteiger charge is 2.60. The molecule has 0 aliphatic carbocycles. The average molecular weight is 913 g/mol. The second-order valence-corrected chi connectivity index (χ2v) is 17.6. The Hall–Kier alpha value is -6.12. The Morgan fingerprint density at radius 3 is 1.63 bits per heavy atom. The zero-order valence-corrected chi connectivity index (χ0v) is 38.1. The summed E-state index contributed by atoms with van der Waals surface area (Å²) in [7, 11) is 1.48. The molecule has 1 N–H and O–H groups in total. The molecule has 3 amide bonds. The van der Waals surface area contributed by atoms with Crippen LogP contribution in [-0.4, -0.2) is 134 Å². The third-order valence-electron chi connectivity index (χ3n) is 10.3. The van der Waals surface area contributed by atoms with Gasteiger partial charge in [-0.2, -0.15) is 0 Å². The van der Waals surface area contributed by atoms with E-state index in [9.17, 15) is 38.4 Å². The number of nitrogens with zero attached hydrogens (tertiary/aromatic N) is 1. The number of benzene rings is 2. The molecule has 10 atom stereocenters. The van der Waals surface area contributed by atoms with E-state index >= 15 is 0 Å². The van der Waals surface area contributed by atoms with Crippen LogP contribution in [-0.2, 0) is 66.7 Å². The zero-order chi connectivity index (χ0) is 48.1. The van der Waals surface area contributed by atoms with Crippen molar-refractivity contribution in [1.82, 2.24) is 10.2 Å². The SMILES string of the molecule is COc1ccc(O[C@@H]2O[C@H](COC(=O)C(C)(C)C)[C@@H](O[C@@H]3O[C@H](COC(C)=O)[C@@H](OC(C)=O)[C@H](OC(C)=O)[C@H]3N3C(=O)c4ccccc4C3=O)[C@H](OC(=O)C(C)(C)C)[C@H]2NC(C)=O)cc1. The van der Waals surface area contributed by atoms with E-state index in [0.29, 0.717) is 5.75 Å². The van der Waals surface area contributed by atoms with Crippen molar-refractivity contribution in [2.45, 2.75) is 131 Å². The molecule has 0 radical (unpaired) electrons. The van der Waals surface area contributed by atoms with Gasteiger partial charge in [0.1, 0.15) is 55.1 Å². The first kappa shape index (κ1) is 49.9. The smallest absolute Gasteiger partial charge is 0.311 e. The topological polar surface area (TPSA) is 244 Å². The Labute approximate surface area is 375 Å². The van der Waals surface area contributed by atoms with Crippen molar-refractivity contribution in [2.24, 2.45) is 10.8 Å². The molecule has 0 aromatic heterocycles. The fraction of sp³-hybridized carbons (Fsp3) is 0.556. The maximum absolute atomic E-state index is 14.3. The third kappa shape index (κ3) is 12.0. The number of nitrogens with one attached hydrogen (secondary N) is 1. The van der Waals surface area contributed by atoms with Crippen molar-refractivity contribution in [3.05, 3.63) is 59.7 Å². The van der Waals surface area contributed by atoms with Crippen molar-refractivity contribution in [2.75, 3.05) is 20.3 Å². The average Bonchev–Trinajstić information content (AvgIpc) is 3.46. The van der Waals surface area contributed by atoms with E-state index in [1.807, 2.05) is 0 Å². The lowest BCUT2D eigenvalue weighted by Gasteiger charge is -2.50. The predicted octanol–water partition coefficient (Wildman–Crippen LogP) is 3.05. The van der Waals surface area contributed by atoms with Gasteiger partial charge in [-0.05, 0) is 77.9 Å². The van der Waals surface area contributed by atoms with Crippen LogP contribution in [0.15, 0.2) is 48.5 Å². The van der Waals surface area contributed by atoms with Crippen LogP contribution in [0.4, 0.5) is 0 Å². The van der Waals surface area contributed by atoms with Gasteiger partial charge in [0.15, 0.2) is 24.6 Å². The van der Waals surface area contributed by atoms with Gasteiger partial charge in [-0.3, -0.25) is 43.3 Å². The van der Waals surface area contributed by atoms with Crippen LogP contribution >= 0.6 is 0 Å². The zero-order valence-electron chi connectivity index (χ0n) is 38.1. The van der Waals surface area contributed by atoms with Gasteiger partial charge >= 0.3 is 29.8 Å². The van der Waals surface area contributed by atoms with Gasteiger partial charge in [0, 0.05) is 27.7 Å². The van der Waals surface area contributed by atoms with E-state index in [1.54, 1.807) is 65.8 Å². The lowest BCUT2D eigenvalue weighted by molar-refractivity contribution is -0.333. The summed E-state index contributed by atoms with van der Waals surface area (Å²) in [6, 6.07) is 8.96. The van der Waals surface area contributed by atoms with Crippen molar-refractivity contribution >= 4 is 47.6 Å². The second-order valence-electron chi connectivity index (χ2n) is 17.6. The summed E-state index contributed by atoms with van der Waals surface area (Å²) in [5.74, 6) is -5.79. The van der Waals surface area contributed by atoms with Crippen LogP contribution in [0.1, 0.15) is 90.0 Å². The third-order valence-corrected chi connectivity index (χ3v) is 10.3. The monoisotopic (exact) mass is 912 g/mol. The number of imide groups is 1. The standard InChI is InChI=1S/C45H56N2O18/c1-22(48)46-32-36(65-43(55)45(8,9)10)34(31(21-58-42(54)44(5,6)7)62-40(32)61-27-18-16-26(56-11)17-19-27)64-41-33(47-38(52)28-14-12-13-15-29(28)39(47)53)37(60-25(4)51)35(59-24(3)50)30(63-41)20-57-23(2)49/h12-19,30-37,40-41H,20-21H2,1-11H3,(H,46,48)/t30-,31-,32-,33-,34-,35-,36-,37-,40-,41+/m1/s1. The van der Waals surface area contributed by atoms with E-state index in [4.69, 9.17) is 47.4 Å². The molecular formula is C45H56N2O18. The van der Waals surface area contributed by atoms with Crippen LogP contribution in [0.3, 0.4) is 0 Å². The summed E-state index contributed by atoms with van der Waals surface area (Å²) in [5.41, 5.74) is -2.27. The number of carbonyl (C=O) groups is 8. The molecule has 20 heteroatoms. The largest absolute Gasteiger partial charge is 0.497 e. The summed E-state index contributed by atoms with van der Waals surface area (Å²) in [4.78, 5) is 108. The molecule has 0 unspecified atom stereocenters. The summed E-state index contributed by atoms with van der Waals surface area (Å²) in [6.07, 6.45) is -13.2. The van der Waals surface area contributed by atoms with E-state index in [2.05, 4.69) is 5.32 Å².